The molecule has 0 spiro atoms. The number of aliphatic hydroxyl groups is 1. The predicted octanol–water partition coefficient (Wildman–Crippen LogP) is 2.50. The zero-order valence-corrected chi connectivity index (χ0v) is 34.7. The van der Waals surface area contributed by atoms with Crippen LogP contribution in [-0.4, -0.2) is 114 Å². The minimum Gasteiger partial charge on any atom is -0.394 e. The average molecular weight is 781 g/mol. The van der Waals surface area contributed by atoms with Gasteiger partial charge in [0.2, 0.25) is 17.7 Å². The van der Waals surface area contributed by atoms with Gasteiger partial charge in [-0.05, 0) is 82.3 Å². The van der Waals surface area contributed by atoms with Crippen molar-refractivity contribution in [2.45, 2.75) is 122 Å². The number of amides is 3. The molecule has 2 bridgehead atoms. The fourth-order valence-corrected chi connectivity index (χ4v) is 6.52. The maximum absolute atomic E-state index is 12.1. The molecular weight excluding hydrogens is 709 g/mol. The maximum atomic E-state index is 12.1. The van der Waals surface area contributed by atoms with E-state index in [2.05, 4.69) is 48.2 Å². The molecule has 2 aromatic carbocycles. The third kappa shape index (κ3) is 18.2. The Labute approximate surface area is 336 Å². The van der Waals surface area contributed by atoms with Crippen LogP contribution < -0.4 is 33.2 Å². The van der Waals surface area contributed by atoms with Gasteiger partial charge < -0.3 is 52.9 Å². The lowest BCUT2D eigenvalue weighted by Gasteiger charge is -2.56. The Bertz CT molecular complexity index is 1390. The summed E-state index contributed by atoms with van der Waals surface area (Å²) in [4.78, 5) is 50.9. The van der Waals surface area contributed by atoms with Crippen molar-refractivity contribution in [1.29, 1.82) is 0 Å². The van der Waals surface area contributed by atoms with Gasteiger partial charge in [0.25, 0.3) is 0 Å². The molecule has 3 aliphatic heterocycles. The van der Waals surface area contributed by atoms with E-state index in [0.717, 1.165) is 56.1 Å². The molecule has 3 fully saturated rings. The fraction of sp³-hybridized carbons (Fsp3) is 0.581. The molecule has 0 aliphatic carbocycles. The predicted molar refractivity (Wildman–Crippen MR) is 226 cm³/mol. The number of carbonyl (C=O) groups is 4. The lowest BCUT2D eigenvalue weighted by atomic mass is 9.88. The van der Waals surface area contributed by atoms with Gasteiger partial charge in [0, 0.05) is 31.2 Å². The van der Waals surface area contributed by atoms with Crippen LogP contribution in [0.1, 0.15) is 77.8 Å². The molecule has 7 atom stereocenters. The van der Waals surface area contributed by atoms with Crippen LogP contribution in [0.2, 0.25) is 0 Å². The molecule has 314 valence electrons. The van der Waals surface area contributed by atoms with Crippen molar-refractivity contribution >= 4 is 24.0 Å². The van der Waals surface area contributed by atoms with Crippen molar-refractivity contribution in [3.63, 3.8) is 0 Å². The van der Waals surface area contributed by atoms with E-state index in [1.165, 1.54) is 0 Å². The Hall–Kier alpha value is -4.14. The summed E-state index contributed by atoms with van der Waals surface area (Å²) >= 11 is 0. The Balaban J connectivity index is 0.000000419. The van der Waals surface area contributed by atoms with Gasteiger partial charge in [-0.1, -0.05) is 101 Å². The topological polar surface area (TPSA) is 209 Å². The van der Waals surface area contributed by atoms with Crippen molar-refractivity contribution in [3.8, 4) is 0 Å². The average Bonchev–Trinajstić information content (AvgIpc) is 3.21. The van der Waals surface area contributed by atoms with E-state index in [9.17, 15) is 19.2 Å². The highest BCUT2D eigenvalue weighted by atomic mass is 16.3. The first-order valence-electron chi connectivity index (χ1n) is 20.2. The summed E-state index contributed by atoms with van der Waals surface area (Å²) in [6.45, 7) is 15.9. The van der Waals surface area contributed by atoms with E-state index in [-0.39, 0.29) is 36.4 Å². The van der Waals surface area contributed by atoms with Crippen LogP contribution in [0, 0.1) is 5.92 Å². The van der Waals surface area contributed by atoms with Crippen LogP contribution in [0.25, 0.3) is 0 Å². The second-order valence-corrected chi connectivity index (χ2v) is 14.6. The van der Waals surface area contributed by atoms with Crippen LogP contribution >= 0.6 is 0 Å². The Kier molecular flexibility index (Phi) is 25.2. The van der Waals surface area contributed by atoms with E-state index in [1.54, 1.807) is 4.90 Å². The van der Waals surface area contributed by atoms with Gasteiger partial charge >= 0.3 is 0 Å². The summed E-state index contributed by atoms with van der Waals surface area (Å²) in [5, 5.41) is 17.6. The molecule has 3 aliphatic rings. The molecule has 3 heterocycles. The number of aliphatic hydroxyl groups excluding tert-OH is 1. The number of piperazine rings is 1. The van der Waals surface area contributed by atoms with Gasteiger partial charge in [-0.3, -0.25) is 14.4 Å². The zero-order valence-electron chi connectivity index (χ0n) is 34.7. The van der Waals surface area contributed by atoms with Crippen LogP contribution in [0.3, 0.4) is 0 Å². The molecule has 13 nitrogen and oxygen atoms in total. The molecule has 10 N–H and O–H groups in total. The Morgan fingerprint density at radius 2 is 1.43 bits per heavy atom. The normalized spacial score (nSPS) is 18.0. The number of unbranched alkanes of at least 4 members (excludes halogenated alkanes) is 1. The number of rotatable bonds is 19. The first-order valence-corrected chi connectivity index (χ1v) is 20.2. The quantitative estimate of drug-likeness (QED) is 0.0819. The minimum atomic E-state index is -0.764. The fourth-order valence-electron chi connectivity index (χ4n) is 6.52. The van der Waals surface area contributed by atoms with Gasteiger partial charge in [0.05, 0.1) is 24.7 Å². The van der Waals surface area contributed by atoms with Crippen LogP contribution in [0.5, 0.6) is 0 Å². The van der Waals surface area contributed by atoms with Gasteiger partial charge in [0.1, 0.15) is 12.3 Å². The minimum absolute atomic E-state index is 0.0769. The van der Waals surface area contributed by atoms with E-state index >= 15 is 0 Å². The number of hydrogen-bond acceptors (Lipinski definition) is 10. The van der Waals surface area contributed by atoms with Crippen LogP contribution in [-0.2, 0) is 32.0 Å². The lowest BCUT2D eigenvalue weighted by Crippen LogP contribution is -2.68. The highest BCUT2D eigenvalue weighted by molar-refractivity contribution is 5.84. The van der Waals surface area contributed by atoms with Crippen molar-refractivity contribution in [2.75, 3.05) is 33.3 Å². The highest BCUT2D eigenvalue weighted by Crippen LogP contribution is 2.32. The van der Waals surface area contributed by atoms with Crippen molar-refractivity contribution < 1.29 is 24.3 Å². The number of aldehydes is 1. The molecule has 0 radical (unpaired) electrons. The second kappa shape index (κ2) is 28.3. The van der Waals surface area contributed by atoms with Crippen molar-refractivity contribution in [1.82, 2.24) is 25.8 Å². The SMILES string of the molecule is C=CN1C2CC1CN(C(=O)C(N)CO)C2.CC.CNC(CC(C)C)C(=O)NC(C)CCCCN.NC(Cc1ccccc1)C(=O)NC(C=O)Cc1ccccc1. The van der Waals surface area contributed by atoms with E-state index in [4.69, 9.17) is 22.3 Å². The zero-order chi connectivity index (χ0) is 42.0. The number of nitrogens with one attached hydrogen (secondary N) is 3. The standard InChI is InChI=1S/C18H20N2O2.C13H29N3O.C10H17N3O2.C2H6/c19-17(12-15-9-5-2-6-10-15)18(22)20-16(13-21)11-14-7-3-1-4-8-14;1-10(2)9-12(15-4)13(17)16-11(3)7-5-6-8-14;1-2-13-7-3-8(13)5-12(4-7)10(15)9(11)6-14;1-2/h1-10,13,16-17H,11-12,19H2,(H,20,22);10-12,15H,5-9,14H2,1-4H3,(H,16,17);2,7-9,14H,1,3-6,11H2;1-2H3. The van der Waals surface area contributed by atoms with E-state index in [0.29, 0.717) is 43.9 Å². The number of likely N-dealkylation sites (N-methyl/N-ethyl adjacent to an activating group) is 1. The van der Waals surface area contributed by atoms with Crippen LogP contribution in [0.15, 0.2) is 73.4 Å². The molecule has 0 saturated carbocycles. The summed E-state index contributed by atoms with van der Waals surface area (Å²) in [6, 6.07) is 18.1. The summed E-state index contributed by atoms with van der Waals surface area (Å²) < 4.78 is 0. The number of fused-ring (bicyclic) bond motifs is 2. The molecule has 56 heavy (non-hydrogen) atoms. The summed E-state index contributed by atoms with van der Waals surface area (Å²) in [5.74, 6) is 0.181. The number of nitrogens with zero attached hydrogens (tertiary/aromatic N) is 2. The molecular formula is C43H72N8O5. The lowest BCUT2D eigenvalue weighted by molar-refractivity contribution is -0.142. The van der Waals surface area contributed by atoms with Crippen molar-refractivity contribution in [3.05, 3.63) is 84.6 Å². The molecule has 7 unspecified atom stereocenters. The largest absolute Gasteiger partial charge is 0.394 e. The van der Waals surface area contributed by atoms with Gasteiger partial charge in [-0.15, -0.1) is 0 Å². The van der Waals surface area contributed by atoms with Crippen LogP contribution in [0.4, 0.5) is 0 Å². The molecule has 2 aromatic rings. The van der Waals surface area contributed by atoms with E-state index < -0.39 is 18.1 Å². The number of nitrogens with two attached hydrogens (primary N) is 3. The maximum Gasteiger partial charge on any atom is 0.242 e. The van der Waals surface area contributed by atoms with Gasteiger partial charge in [-0.25, -0.2) is 0 Å². The number of benzene rings is 2. The summed E-state index contributed by atoms with van der Waals surface area (Å²) in [6.07, 6.45) is 8.61. The van der Waals surface area contributed by atoms with E-state index in [1.807, 2.05) is 87.8 Å². The number of hydrogen-bond donors (Lipinski definition) is 7. The number of carbonyl (C=O) groups excluding carboxylic acids is 4. The monoisotopic (exact) mass is 781 g/mol. The molecule has 5 rings (SSSR count). The molecule has 3 amide bonds. The third-order valence-electron chi connectivity index (χ3n) is 9.56. The second-order valence-electron chi connectivity index (χ2n) is 14.6. The summed E-state index contributed by atoms with van der Waals surface area (Å²) in [7, 11) is 1.84. The molecule has 13 heteroatoms. The first kappa shape index (κ1) is 49.9. The number of piperidine rings is 1. The summed E-state index contributed by atoms with van der Waals surface area (Å²) in [5.41, 5.74) is 18.9. The first-order chi connectivity index (χ1) is 26.9. The molecule has 0 aromatic heterocycles. The van der Waals surface area contributed by atoms with Gasteiger partial charge in [-0.2, -0.15) is 0 Å². The Morgan fingerprint density at radius 3 is 1.89 bits per heavy atom. The third-order valence-corrected chi connectivity index (χ3v) is 9.56. The highest BCUT2D eigenvalue weighted by Gasteiger charge is 2.44. The van der Waals surface area contributed by atoms with Crippen molar-refractivity contribution in [2.24, 2.45) is 23.1 Å². The molecule has 3 saturated heterocycles. The van der Waals surface area contributed by atoms with Gasteiger partial charge in [0.15, 0.2) is 0 Å². The smallest absolute Gasteiger partial charge is 0.242 e. The Morgan fingerprint density at radius 1 is 0.875 bits per heavy atom.